The fraction of sp³-hybridized carbons (Fsp3) is 0.333. The van der Waals surface area contributed by atoms with Gasteiger partial charge in [-0.15, -0.1) is 11.3 Å². The summed E-state index contributed by atoms with van der Waals surface area (Å²) in [6.07, 6.45) is 0. The van der Waals surface area contributed by atoms with Crippen LogP contribution in [0.5, 0.6) is 11.5 Å². The van der Waals surface area contributed by atoms with Gasteiger partial charge in [0.15, 0.2) is 11.5 Å². The first kappa shape index (κ1) is 13.9. The van der Waals surface area contributed by atoms with Crippen LogP contribution in [0.4, 0.5) is 0 Å². The van der Waals surface area contributed by atoms with Crippen molar-refractivity contribution in [1.29, 1.82) is 0 Å². The molecule has 1 aromatic carbocycles. The summed E-state index contributed by atoms with van der Waals surface area (Å²) >= 11 is 5.44. The molecule has 1 unspecified atom stereocenters. The molecule has 1 aliphatic rings. The minimum Gasteiger partial charge on any atom is -0.486 e. The first-order chi connectivity index (χ1) is 9.69. The van der Waals surface area contributed by atoms with Gasteiger partial charge in [-0.1, -0.05) is 6.07 Å². The van der Waals surface area contributed by atoms with Crippen LogP contribution in [-0.2, 0) is 0 Å². The lowest BCUT2D eigenvalue weighted by Gasteiger charge is -2.22. The minimum absolute atomic E-state index is 0.152. The predicted molar refractivity (Wildman–Crippen MR) is 85.1 cm³/mol. The van der Waals surface area contributed by atoms with E-state index in [1.807, 2.05) is 13.1 Å². The van der Waals surface area contributed by atoms with Gasteiger partial charge in [0, 0.05) is 14.2 Å². The van der Waals surface area contributed by atoms with E-state index in [4.69, 9.17) is 9.47 Å². The lowest BCUT2D eigenvalue weighted by atomic mass is 10.0. The largest absolute Gasteiger partial charge is 0.486 e. The second-order valence-electron chi connectivity index (χ2n) is 4.69. The standard InChI is InChI=1S/C15H16BrNO2S/c1-9-7-11(16)15(20-9)14(17-2)10-3-4-12-13(8-10)19-6-5-18-12/h3-4,7-8,14,17H,5-6H2,1-2H3. The fourth-order valence-electron chi connectivity index (χ4n) is 2.39. The van der Waals surface area contributed by atoms with Gasteiger partial charge >= 0.3 is 0 Å². The second kappa shape index (κ2) is 5.76. The van der Waals surface area contributed by atoms with Crippen LogP contribution in [0.3, 0.4) is 0 Å². The summed E-state index contributed by atoms with van der Waals surface area (Å²) in [5.41, 5.74) is 1.18. The smallest absolute Gasteiger partial charge is 0.161 e. The third-order valence-electron chi connectivity index (χ3n) is 3.29. The molecule has 5 heteroatoms. The fourth-order valence-corrected chi connectivity index (χ4v) is 4.41. The number of halogens is 1. The molecule has 2 aromatic rings. The number of nitrogens with one attached hydrogen (secondary N) is 1. The van der Waals surface area contributed by atoms with Crippen molar-refractivity contribution in [1.82, 2.24) is 5.32 Å². The van der Waals surface area contributed by atoms with Gasteiger partial charge in [-0.3, -0.25) is 0 Å². The Balaban J connectivity index is 1.99. The normalized spacial score (nSPS) is 15.2. The summed E-state index contributed by atoms with van der Waals surface area (Å²) in [7, 11) is 1.98. The molecular formula is C15H16BrNO2S. The van der Waals surface area contributed by atoms with Crippen LogP contribution in [0.1, 0.15) is 21.4 Å². The molecule has 1 aromatic heterocycles. The van der Waals surface area contributed by atoms with Gasteiger partial charge in [-0.05, 0) is 53.7 Å². The van der Waals surface area contributed by atoms with E-state index in [2.05, 4.69) is 46.4 Å². The van der Waals surface area contributed by atoms with Crippen molar-refractivity contribution in [2.45, 2.75) is 13.0 Å². The monoisotopic (exact) mass is 353 g/mol. The SMILES string of the molecule is CNC(c1ccc2c(c1)OCCO2)c1sc(C)cc1Br. The zero-order chi connectivity index (χ0) is 14.1. The third-order valence-corrected chi connectivity index (χ3v) is 5.32. The average Bonchev–Trinajstić information content (AvgIpc) is 2.78. The Bertz CT molecular complexity index is 626. The summed E-state index contributed by atoms with van der Waals surface area (Å²) in [4.78, 5) is 2.58. The lowest BCUT2D eigenvalue weighted by Crippen LogP contribution is -2.19. The molecule has 0 bridgehead atoms. The van der Waals surface area contributed by atoms with E-state index in [0.717, 1.165) is 16.0 Å². The van der Waals surface area contributed by atoms with E-state index in [9.17, 15) is 0 Å². The quantitative estimate of drug-likeness (QED) is 0.907. The van der Waals surface area contributed by atoms with Crippen LogP contribution >= 0.6 is 27.3 Å². The number of rotatable bonds is 3. The van der Waals surface area contributed by atoms with Gasteiger partial charge in [0.2, 0.25) is 0 Å². The first-order valence-electron chi connectivity index (χ1n) is 6.51. The summed E-state index contributed by atoms with van der Waals surface area (Å²) in [6.45, 7) is 3.36. The van der Waals surface area contributed by atoms with Crippen LogP contribution < -0.4 is 14.8 Å². The molecule has 0 amide bonds. The van der Waals surface area contributed by atoms with Crippen LogP contribution in [-0.4, -0.2) is 20.3 Å². The van der Waals surface area contributed by atoms with Crippen molar-refractivity contribution in [2.24, 2.45) is 0 Å². The molecule has 2 heterocycles. The van der Waals surface area contributed by atoms with Crippen LogP contribution in [0.2, 0.25) is 0 Å². The Hall–Kier alpha value is -1.04. The molecule has 0 radical (unpaired) electrons. The maximum atomic E-state index is 5.67. The maximum Gasteiger partial charge on any atom is 0.161 e. The van der Waals surface area contributed by atoms with E-state index in [0.29, 0.717) is 13.2 Å². The zero-order valence-corrected chi connectivity index (χ0v) is 13.8. The molecule has 3 nitrogen and oxygen atoms in total. The van der Waals surface area contributed by atoms with Gasteiger partial charge in [-0.25, -0.2) is 0 Å². The average molecular weight is 354 g/mol. The molecule has 0 saturated heterocycles. The molecule has 0 spiro atoms. The van der Waals surface area contributed by atoms with Crippen molar-refractivity contribution in [3.8, 4) is 11.5 Å². The van der Waals surface area contributed by atoms with E-state index < -0.39 is 0 Å². The van der Waals surface area contributed by atoms with E-state index in [-0.39, 0.29) is 6.04 Å². The van der Waals surface area contributed by atoms with Gasteiger partial charge in [0.1, 0.15) is 13.2 Å². The Morgan fingerprint density at radius 3 is 2.60 bits per heavy atom. The number of hydrogen-bond donors (Lipinski definition) is 1. The highest BCUT2D eigenvalue weighted by Crippen LogP contribution is 2.38. The van der Waals surface area contributed by atoms with Crippen LogP contribution in [0, 0.1) is 6.92 Å². The van der Waals surface area contributed by atoms with E-state index in [1.165, 1.54) is 15.3 Å². The van der Waals surface area contributed by atoms with Gasteiger partial charge in [0.05, 0.1) is 6.04 Å². The van der Waals surface area contributed by atoms with Gasteiger partial charge in [-0.2, -0.15) is 0 Å². The molecule has 1 N–H and O–H groups in total. The van der Waals surface area contributed by atoms with Crippen molar-refractivity contribution in [3.05, 3.63) is 44.1 Å². The lowest BCUT2D eigenvalue weighted by molar-refractivity contribution is 0.171. The van der Waals surface area contributed by atoms with Crippen molar-refractivity contribution in [2.75, 3.05) is 20.3 Å². The first-order valence-corrected chi connectivity index (χ1v) is 8.12. The molecule has 106 valence electrons. The number of thiophene rings is 1. The van der Waals surface area contributed by atoms with Crippen LogP contribution in [0.25, 0.3) is 0 Å². The van der Waals surface area contributed by atoms with Crippen molar-refractivity contribution >= 4 is 27.3 Å². The molecule has 20 heavy (non-hydrogen) atoms. The highest BCUT2D eigenvalue weighted by atomic mass is 79.9. The van der Waals surface area contributed by atoms with Crippen LogP contribution in [0.15, 0.2) is 28.7 Å². The number of ether oxygens (including phenoxy) is 2. The zero-order valence-electron chi connectivity index (χ0n) is 11.4. The topological polar surface area (TPSA) is 30.5 Å². The minimum atomic E-state index is 0.152. The number of benzene rings is 1. The number of fused-ring (bicyclic) bond motifs is 1. The predicted octanol–water partition coefficient (Wildman–Crippen LogP) is 3.90. The Morgan fingerprint density at radius 1 is 1.20 bits per heavy atom. The van der Waals surface area contributed by atoms with Gasteiger partial charge < -0.3 is 14.8 Å². The maximum absolute atomic E-state index is 5.67. The van der Waals surface area contributed by atoms with E-state index in [1.54, 1.807) is 11.3 Å². The summed E-state index contributed by atoms with van der Waals surface area (Å²) in [5.74, 6) is 1.66. The van der Waals surface area contributed by atoms with Gasteiger partial charge in [0.25, 0.3) is 0 Å². The molecule has 0 aliphatic carbocycles. The summed E-state index contributed by atoms with van der Waals surface area (Å²) in [6, 6.07) is 8.46. The third kappa shape index (κ3) is 2.57. The highest BCUT2D eigenvalue weighted by Gasteiger charge is 2.20. The molecule has 0 saturated carbocycles. The van der Waals surface area contributed by atoms with Crippen molar-refractivity contribution in [3.63, 3.8) is 0 Å². The summed E-state index contributed by atoms with van der Waals surface area (Å²) in [5, 5.41) is 3.38. The molecular weight excluding hydrogens is 338 g/mol. The molecule has 0 fully saturated rings. The molecule has 1 atom stereocenters. The second-order valence-corrected chi connectivity index (χ2v) is 6.84. The highest BCUT2D eigenvalue weighted by molar-refractivity contribution is 9.10. The van der Waals surface area contributed by atoms with E-state index >= 15 is 0 Å². The number of hydrogen-bond acceptors (Lipinski definition) is 4. The number of aryl methyl sites for hydroxylation is 1. The van der Waals surface area contributed by atoms with Crippen molar-refractivity contribution < 1.29 is 9.47 Å². The summed E-state index contributed by atoms with van der Waals surface area (Å²) < 4.78 is 12.4. The Kier molecular flexibility index (Phi) is 4.01. The Labute approximate surface area is 131 Å². The molecule has 3 rings (SSSR count). The Morgan fingerprint density at radius 2 is 1.95 bits per heavy atom. The molecule has 1 aliphatic heterocycles.